The van der Waals surface area contributed by atoms with Crippen LogP contribution >= 0.6 is 11.8 Å². The van der Waals surface area contributed by atoms with Gasteiger partial charge in [0, 0.05) is 11.4 Å². The quantitative estimate of drug-likeness (QED) is 0.806. The van der Waals surface area contributed by atoms with Gasteiger partial charge in [-0.2, -0.15) is 0 Å². The fraction of sp³-hybridized carbons (Fsp3) is 0.188. The molecule has 21 heavy (non-hydrogen) atoms. The molecular weight excluding hydrogens is 286 g/mol. The van der Waals surface area contributed by atoms with Crippen LogP contribution in [0, 0.1) is 0 Å². The van der Waals surface area contributed by atoms with Crippen molar-refractivity contribution in [2.75, 3.05) is 12.9 Å². The van der Waals surface area contributed by atoms with Crippen LogP contribution in [0.25, 0.3) is 0 Å². The SMILES string of the molecule is COc1cccc(CNC(=O)CSc2ccc(O)cc2)c1. The average Bonchev–Trinajstić information content (AvgIpc) is 2.52. The van der Waals surface area contributed by atoms with E-state index in [0.29, 0.717) is 12.3 Å². The monoisotopic (exact) mass is 303 g/mol. The summed E-state index contributed by atoms with van der Waals surface area (Å²) < 4.78 is 5.14. The lowest BCUT2D eigenvalue weighted by atomic mass is 10.2. The highest BCUT2D eigenvalue weighted by Crippen LogP contribution is 2.20. The molecule has 2 aromatic carbocycles. The van der Waals surface area contributed by atoms with E-state index in [2.05, 4.69) is 5.32 Å². The topological polar surface area (TPSA) is 58.6 Å². The average molecular weight is 303 g/mol. The first-order valence-corrected chi connectivity index (χ1v) is 7.47. The first kappa shape index (κ1) is 15.3. The second-order valence-corrected chi connectivity index (χ2v) is 5.46. The molecule has 2 aromatic rings. The summed E-state index contributed by atoms with van der Waals surface area (Å²) in [6.07, 6.45) is 0. The molecule has 0 unspecified atom stereocenters. The number of rotatable bonds is 6. The number of hydrogen-bond acceptors (Lipinski definition) is 4. The molecule has 1 amide bonds. The van der Waals surface area contributed by atoms with Gasteiger partial charge in [0.25, 0.3) is 0 Å². The van der Waals surface area contributed by atoms with E-state index in [1.165, 1.54) is 11.8 Å². The highest BCUT2D eigenvalue weighted by Gasteiger charge is 2.03. The third-order valence-electron chi connectivity index (χ3n) is 2.83. The molecule has 0 aliphatic carbocycles. The molecule has 4 nitrogen and oxygen atoms in total. The number of phenolic OH excluding ortho intramolecular Hbond substituents is 1. The molecule has 0 fully saturated rings. The Kier molecular flexibility index (Phi) is 5.51. The summed E-state index contributed by atoms with van der Waals surface area (Å²) in [4.78, 5) is 12.7. The van der Waals surface area contributed by atoms with Crippen molar-refractivity contribution >= 4 is 17.7 Å². The zero-order valence-electron chi connectivity index (χ0n) is 11.7. The number of aromatic hydroxyl groups is 1. The molecule has 0 aromatic heterocycles. The van der Waals surface area contributed by atoms with Crippen LogP contribution in [0.4, 0.5) is 0 Å². The number of nitrogens with one attached hydrogen (secondary N) is 1. The predicted octanol–water partition coefficient (Wildman–Crippen LogP) is 2.81. The van der Waals surface area contributed by atoms with Crippen LogP contribution < -0.4 is 10.1 Å². The van der Waals surface area contributed by atoms with Gasteiger partial charge in [-0.15, -0.1) is 11.8 Å². The Balaban J connectivity index is 1.78. The minimum Gasteiger partial charge on any atom is -0.508 e. The number of phenols is 1. The standard InChI is InChI=1S/C16H17NO3S/c1-20-14-4-2-3-12(9-14)10-17-16(19)11-21-15-7-5-13(18)6-8-15/h2-9,18H,10-11H2,1H3,(H,17,19). The van der Waals surface area contributed by atoms with E-state index >= 15 is 0 Å². The van der Waals surface area contributed by atoms with Crippen molar-refractivity contribution in [3.63, 3.8) is 0 Å². The van der Waals surface area contributed by atoms with Crippen molar-refractivity contribution < 1.29 is 14.6 Å². The van der Waals surface area contributed by atoms with Crippen LogP contribution in [0.1, 0.15) is 5.56 Å². The van der Waals surface area contributed by atoms with Gasteiger partial charge < -0.3 is 15.2 Å². The Hall–Kier alpha value is -2.14. The molecule has 0 bridgehead atoms. The lowest BCUT2D eigenvalue weighted by Crippen LogP contribution is -2.24. The highest BCUT2D eigenvalue weighted by atomic mass is 32.2. The molecule has 0 saturated carbocycles. The number of carbonyl (C=O) groups is 1. The van der Waals surface area contributed by atoms with Gasteiger partial charge in [-0.3, -0.25) is 4.79 Å². The summed E-state index contributed by atoms with van der Waals surface area (Å²) in [7, 11) is 1.62. The molecule has 0 atom stereocenters. The number of methoxy groups -OCH3 is 1. The van der Waals surface area contributed by atoms with Crippen molar-refractivity contribution in [1.82, 2.24) is 5.32 Å². The lowest BCUT2D eigenvalue weighted by molar-refractivity contribution is -0.118. The number of thioether (sulfide) groups is 1. The number of amides is 1. The number of benzene rings is 2. The van der Waals surface area contributed by atoms with Crippen LogP contribution in [0.5, 0.6) is 11.5 Å². The van der Waals surface area contributed by atoms with Gasteiger partial charge in [-0.05, 0) is 42.0 Å². The van der Waals surface area contributed by atoms with Crippen molar-refractivity contribution in [2.24, 2.45) is 0 Å². The third-order valence-corrected chi connectivity index (χ3v) is 3.84. The van der Waals surface area contributed by atoms with Gasteiger partial charge in [0.2, 0.25) is 5.91 Å². The first-order chi connectivity index (χ1) is 10.2. The zero-order valence-corrected chi connectivity index (χ0v) is 12.5. The van der Waals surface area contributed by atoms with E-state index in [1.807, 2.05) is 24.3 Å². The summed E-state index contributed by atoms with van der Waals surface area (Å²) >= 11 is 1.43. The second-order valence-electron chi connectivity index (χ2n) is 4.41. The summed E-state index contributed by atoms with van der Waals surface area (Å²) in [5, 5.41) is 12.1. The summed E-state index contributed by atoms with van der Waals surface area (Å²) in [5.74, 6) is 1.31. The molecule has 2 N–H and O–H groups in total. The minimum absolute atomic E-state index is 0.0316. The Morgan fingerprint density at radius 3 is 2.71 bits per heavy atom. The molecule has 5 heteroatoms. The molecule has 2 rings (SSSR count). The smallest absolute Gasteiger partial charge is 0.230 e. The molecule has 0 radical (unpaired) electrons. The van der Waals surface area contributed by atoms with Gasteiger partial charge >= 0.3 is 0 Å². The predicted molar refractivity (Wildman–Crippen MR) is 83.7 cm³/mol. The Morgan fingerprint density at radius 1 is 1.24 bits per heavy atom. The molecule has 0 spiro atoms. The van der Waals surface area contributed by atoms with E-state index in [4.69, 9.17) is 4.74 Å². The van der Waals surface area contributed by atoms with Gasteiger partial charge in [-0.25, -0.2) is 0 Å². The number of ether oxygens (including phenoxy) is 1. The highest BCUT2D eigenvalue weighted by molar-refractivity contribution is 8.00. The maximum Gasteiger partial charge on any atom is 0.230 e. The maximum atomic E-state index is 11.8. The van der Waals surface area contributed by atoms with E-state index in [0.717, 1.165) is 16.2 Å². The Morgan fingerprint density at radius 2 is 2.00 bits per heavy atom. The second kappa shape index (κ2) is 7.59. The fourth-order valence-electron chi connectivity index (χ4n) is 1.73. The van der Waals surface area contributed by atoms with Crippen LogP contribution in [-0.2, 0) is 11.3 Å². The zero-order chi connectivity index (χ0) is 15.1. The summed E-state index contributed by atoms with van der Waals surface area (Å²) in [6.45, 7) is 0.478. The number of hydrogen-bond donors (Lipinski definition) is 2. The Labute approximate surface area is 128 Å². The van der Waals surface area contributed by atoms with Crippen LogP contribution in [0.2, 0.25) is 0 Å². The Bertz CT molecular complexity index is 599. The molecule has 110 valence electrons. The summed E-state index contributed by atoms with van der Waals surface area (Å²) in [5.41, 5.74) is 0.998. The van der Waals surface area contributed by atoms with Crippen LogP contribution in [0.3, 0.4) is 0 Å². The minimum atomic E-state index is -0.0316. The fourth-order valence-corrected chi connectivity index (χ4v) is 2.45. The molecule has 0 aliphatic heterocycles. The van der Waals surface area contributed by atoms with Crippen LogP contribution in [0.15, 0.2) is 53.4 Å². The van der Waals surface area contributed by atoms with E-state index < -0.39 is 0 Å². The lowest BCUT2D eigenvalue weighted by Gasteiger charge is -2.07. The molecule has 0 aliphatic rings. The van der Waals surface area contributed by atoms with Gasteiger partial charge in [-0.1, -0.05) is 12.1 Å². The molecule has 0 saturated heterocycles. The van der Waals surface area contributed by atoms with Crippen molar-refractivity contribution in [3.8, 4) is 11.5 Å². The number of carbonyl (C=O) groups excluding carboxylic acids is 1. The summed E-state index contributed by atoms with van der Waals surface area (Å²) in [6, 6.07) is 14.4. The third kappa shape index (κ3) is 5.04. The van der Waals surface area contributed by atoms with Crippen LogP contribution in [-0.4, -0.2) is 23.9 Å². The molecule has 0 heterocycles. The molecular formula is C16H17NO3S. The normalized spacial score (nSPS) is 10.1. The van der Waals surface area contributed by atoms with Gasteiger partial charge in [0.1, 0.15) is 11.5 Å². The van der Waals surface area contributed by atoms with Crippen molar-refractivity contribution in [1.29, 1.82) is 0 Å². The first-order valence-electron chi connectivity index (χ1n) is 6.49. The van der Waals surface area contributed by atoms with E-state index in [1.54, 1.807) is 31.4 Å². The van der Waals surface area contributed by atoms with Gasteiger partial charge in [0.05, 0.1) is 12.9 Å². The van der Waals surface area contributed by atoms with E-state index in [-0.39, 0.29) is 11.7 Å². The van der Waals surface area contributed by atoms with Gasteiger partial charge in [0.15, 0.2) is 0 Å². The van der Waals surface area contributed by atoms with Crippen molar-refractivity contribution in [3.05, 3.63) is 54.1 Å². The van der Waals surface area contributed by atoms with E-state index in [9.17, 15) is 9.90 Å². The maximum absolute atomic E-state index is 11.8. The largest absolute Gasteiger partial charge is 0.508 e. The van der Waals surface area contributed by atoms with Crippen molar-refractivity contribution in [2.45, 2.75) is 11.4 Å².